The molecule has 0 bridgehead atoms. The average molecular weight is 240 g/mol. The van der Waals surface area contributed by atoms with Gasteiger partial charge in [0.25, 0.3) is 0 Å². The number of halogens is 5. The van der Waals surface area contributed by atoms with Gasteiger partial charge in [0, 0.05) is 19.1 Å². The van der Waals surface area contributed by atoms with Crippen molar-refractivity contribution in [2.75, 3.05) is 7.11 Å². The Morgan fingerprint density at radius 2 is 1.25 bits per heavy atom. The van der Waals surface area contributed by atoms with Crippen molar-refractivity contribution < 1.29 is 26.7 Å². The summed E-state index contributed by atoms with van der Waals surface area (Å²) in [4.78, 5) is 0. The third kappa shape index (κ3) is 2.16. The van der Waals surface area contributed by atoms with Crippen molar-refractivity contribution in [1.29, 1.82) is 0 Å². The molecule has 0 aliphatic heterocycles. The molecule has 1 unspecified atom stereocenters. The Kier molecular flexibility index (Phi) is 3.85. The number of methoxy groups -OCH3 is 1. The molecule has 0 aromatic heterocycles. The second-order valence-corrected chi connectivity index (χ2v) is 3.30. The Labute approximate surface area is 88.8 Å². The highest BCUT2D eigenvalue weighted by atomic mass is 19.2. The maximum Gasteiger partial charge on any atom is 0.200 e. The summed E-state index contributed by atoms with van der Waals surface area (Å²) in [5, 5.41) is 0. The lowest BCUT2D eigenvalue weighted by Crippen LogP contribution is -2.15. The fraction of sp³-hybridized carbons (Fsp3) is 0.400. The lowest BCUT2D eigenvalue weighted by Gasteiger charge is -2.12. The summed E-state index contributed by atoms with van der Waals surface area (Å²) in [7, 11) is 1.27. The molecule has 1 atom stereocenters. The van der Waals surface area contributed by atoms with Crippen molar-refractivity contribution in [2.24, 2.45) is 0 Å². The van der Waals surface area contributed by atoms with E-state index in [0.29, 0.717) is 0 Å². The van der Waals surface area contributed by atoms with Gasteiger partial charge in [0.2, 0.25) is 5.82 Å². The number of benzene rings is 1. The summed E-state index contributed by atoms with van der Waals surface area (Å²) in [5.74, 6) is -9.63. The first-order valence-electron chi connectivity index (χ1n) is 4.43. The second-order valence-electron chi connectivity index (χ2n) is 3.30. The number of rotatable bonds is 3. The molecule has 0 saturated heterocycles. The van der Waals surface area contributed by atoms with Crippen molar-refractivity contribution in [2.45, 2.75) is 19.4 Å². The molecule has 1 nitrogen and oxygen atoms in total. The molecular formula is C10H9F5O. The van der Waals surface area contributed by atoms with Crippen LogP contribution in [0.1, 0.15) is 12.5 Å². The van der Waals surface area contributed by atoms with Crippen LogP contribution in [0.4, 0.5) is 22.0 Å². The third-order valence-corrected chi connectivity index (χ3v) is 2.19. The Morgan fingerprint density at radius 1 is 0.875 bits per heavy atom. The standard InChI is InChI=1S/C10H9F5O/c1-4(16-2)3-5-6(11)8(13)10(15)9(14)7(5)12/h4H,3H2,1-2H3. The number of ether oxygens (including phenoxy) is 1. The van der Waals surface area contributed by atoms with Gasteiger partial charge in [-0.2, -0.15) is 0 Å². The van der Waals surface area contributed by atoms with E-state index in [0.717, 1.165) is 0 Å². The predicted octanol–water partition coefficient (Wildman–Crippen LogP) is 2.96. The summed E-state index contributed by atoms with van der Waals surface area (Å²) < 4.78 is 69.1. The first-order valence-corrected chi connectivity index (χ1v) is 4.43. The van der Waals surface area contributed by atoms with Gasteiger partial charge in [-0.25, -0.2) is 22.0 Å². The number of hydrogen-bond acceptors (Lipinski definition) is 1. The zero-order valence-electron chi connectivity index (χ0n) is 8.58. The van der Waals surface area contributed by atoms with Crippen LogP contribution in [-0.4, -0.2) is 13.2 Å². The van der Waals surface area contributed by atoms with E-state index in [-0.39, 0.29) is 6.42 Å². The van der Waals surface area contributed by atoms with E-state index in [9.17, 15) is 22.0 Å². The van der Waals surface area contributed by atoms with Gasteiger partial charge in [-0.15, -0.1) is 0 Å². The highest BCUT2D eigenvalue weighted by molar-refractivity contribution is 5.24. The minimum absolute atomic E-state index is 0.387. The largest absolute Gasteiger partial charge is 0.381 e. The van der Waals surface area contributed by atoms with Crippen LogP contribution < -0.4 is 0 Å². The van der Waals surface area contributed by atoms with Gasteiger partial charge in [-0.3, -0.25) is 0 Å². The normalized spacial score (nSPS) is 12.9. The predicted molar refractivity (Wildman–Crippen MR) is 46.4 cm³/mol. The highest BCUT2D eigenvalue weighted by Gasteiger charge is 2.26. The molecule has 0 saturated carbocycles. The van der Waals surface area contributed by atoms with E-state index in [1.165, 1.54) is 14.0 Å². The van der Waals surface area contributed by atoms with Crippen molar-refractivity contribution in [3.8, 4) is 0 Å². The van der Waals surface area contributed by atoms with Crippen LogP contribution in [0.5, 0.6) is 0 Å². The van der Waals surface area contributed by atoms with Crippen molar-refractivity contribution in [1.82, 2.24) is 0 Å². The summed E-state index contributed by atoms with van der Waals surface area (Å²) in [6.07, 6.45) is -1.03. The molecule has 0 aliphatic rings. The van der Waals surface area contributed by atoms with E-state index in [1.807, 2.05) is 0 Å². The molecule has 0 aliphatic carbocycles. The van der Waals surface area contributed by atoms with E-state index >= 15 is 0 Å². The van der Waals surface area contributed by atoms with Crippen LogP contribution in [0.2, 0.25) is 0 Å². The zero-order valence-corrected chi connectivity index (χ0v) is 8.58. The Morgan fingerprint density at radius 3 is 1.62 bits per heavy atom. The fourth-order valence-electron chi connectivity index (χ4n) is 1.20. The van der Waals surface area contributed by atoms with Gasteiger partial charge in [-0.1, -0.05) is 0 Å². The molecule has 0 spiro atoms. The second kappa shape index (κ2) is 4.78. The first kappa shape index (κ1) is 12.9. The topological polar surface area (TPSA) is 9.23 Å². The molecule has 1 rings (SSSR count). The Hall–Kier alpha value is -1.17. The van der Waals surface area contributed by atoms with Crippen molar-refractivity contribution >= 4 is 0 Å². The molecular weight excluding hydrogens is 231 g/mol. The number of hydrogen-bond donors (Lipinski definition) is 0. The summed E-state index contributed by atoms with van der Waals surface area (Å²) >= 11 is 0. The summed E-state index contributed by atoms with van der Waals surface area (Å²) in [6, 6.07) is 0. The van der Waals surface area contributed by atoms with Crippen molar-refractivity contribution in [3.63, 3.8) is 0 Å². The molecule has 1 aromatic carbocycles. The van der Waals surface area contributed by atoms with Crippen LogP contribution in [0.25, 0.3) is 0 Å². The average Bonchev–Trinajstić information content (AvgIpc) is 2.29. The van der Waals surface area contributed by atoms with E-state index < -0.39 is 40.8 Å². The molecule has 1 aromatic rings. The van der Waals surface area contributed by atoms with E-state index in [2.05, 4.69) is 0 Å². The molecule has 0 heterocycles. The smallest absolute Gasteiger partial charge is 0.200 e. The first-order chi connectivity index (χ1) is 7.40. The fourth-order valence-corrected chi connectivity index (χ4v) is 1.20. The summed E-state index contributed by atoms with van der Waals surface area (Å²) in [5.41, 5.74) is -0.856. The van der Waals surface area contributed by atoms with Gasteiger partial charge in [-0.05, 0) is 6.92 Å². The van der Waals surface area contributed by atoms with Gasteiger partial charge in [0.15, 0.2) is 23.3 Å². The van der Waals surface area contributed by atoms with E-state index in [1.54, 1.807) is 0 Å². The maximum atomic E-state index is 13.1. The SMILES string of the molecule is COC(C)Cc1c(F)c(F)c(F)c(F)c1F. The molecule has 16 heavy (non-hydrogen) atoms. The molecule has 0 fully saturated rings. The van der Waals surface area contributed by atoms with Crippen LogP contribution in [0, 0.1) is 29.1 Å². The van der Waals surface area contributed by atoms with E-state index in [4.69, 9.17) is 4.74 Å². The van der Waals surface area contributed by atoms with Gasteiger partial charge in [0.1, 0.15) is 0 Å². The minimum Gasteiger partial charge on any atom is -0.381 e. The van der Waals surface area contributed by atoms with Gasteiger partial charge >= 0.3 is 0 Å². The highest BCUT2D eigenvalue weighted by Crippen LogP contribution is 2.24. The van der Waals surface area contributed by atoms with Crippen LogP contribution >= 0.6 is 0 Å². The lowest BCUT2D eigenvalue weighted by atomic mass is 10.1. The minimum atomic E-state index is -2.15. The quantitative estimate of drug-likeness (QED) is 0.448. The molecule has 0 N–H and O–H groups in total. The molecule has 0 amide bonds. The van der Waals surface area contributed by atoms with Crippen LogP contribution in [0.15, 0.2) is 0 Å². The van der Waals surface area contributed by atoms with Crippen molar-refractivity contribution in [3.05, 3.63) is 34.6 Å². The van der Waals surface area contributed by atoms with Gasteiger partial charge in [0.05, 0.1) is 6.10 Å². The molecule has 0 radical (unpaired) electrons. The molecule has 6 heteroatoms. The zero-order chi connectivity index (χ0) is 12.5. The third-order valence-electron chi connectivity index (χ3n) is 2.19. The maximum absolute atomic E-state index is 13.1. The summed E-state index contributed by atoms with van der Waals surface area (Å²) in [6.45, 7) is 1.46. The van der Waals surface area contributed by atoms with Crippen LogP contribution in [0.3, 0.4) is 0 Å². The van der Waals surface area contributed by atoms with Crippen LogP contribution in [-0.2, 0) is 11.2 Å². The monoisotopic (exact) mass is 240 g/mol. The Bertz CT molecular complexity index is 376. The lowest BCUT2D eigenvalue weighted by molar-refractivity contribution is 0.116. The molecule has 90 valence electrons. The Balaban J connectivity index is 3.28. The van der Waals surface area contributed by atoms with Gasteiger partial charge < -0.3 is 4.74 Å².